The minimum Gasteiger partial charge on any atom is -0.469 e. The van der Waals surface area contributed by atoms with Crippen LogP contribution in [0.15, 0.2) is 60.7 Å². The van der Waals surface area contributed by atoms with Crippen molar-refractivity contribution < 1.29 is 28.2 Å². The predicted octanol–water partition coefficient (Wildman–Crippen LogP) is 3.20. The number of methoxy groups -OCH3 is 1. The maximum atomic E-state index is 12.3. The van der Waals surface area contributed by atoms with E-state index >= 15 is 0 Å². The predicted molar refractivity (Wildman–Crippen MR) is 120 cm³/mol. The maximum absolute atomic E-state index is 12.3. The molecular formula is C22H30O6PSi+. The van der Waals surface area contributed by atoms with Crippen LogP contribution in [0.1, 0.15) is 27.2 Å². The van der Waals surface area contributed by atoms with E-state index in [1.54, 1.807) is 0 Å². The second-order valence-corrected chi connectivity index (χ2v) is 13.5. The van der Waals surface area contributed by atoms with Crippen molar-refractivity contribution in [1.29, 1.82) is 0 Å². The number of aliphatic hydroxyl groups is 1. The quantitative estimate of drug-likeness (QED) is 0.260. The molecule has 0 spiro atoms. The van der Waals surface area contributed by atoms with E-state index in [4.69, 9.17) is 18.8 Å². The molecule has 0 heterocycles. The summed E-state index contributed by atoms with van der Waals surface area (Å²) in [7, 11) is -3.82. The minimum absolute atomic E-state index is 0.0184. The van der Waals surface area contributed by atoms with Crippen LogP contribution in [0.25, 0.3) is 0 Å². The molecule has 2 rings (SSSR count). The summed E-state index contributed by atoms with van der Waals surface area (Å²) in [5, 5.41) is 10.8. The molecular weight excluding hydrogens is 419 g/mol. The van der Waals surface area contributed by atoms with Crippen molar-refractivity contribution in [3.05, 3.63) is 60.7 Å². The molecule has 0 fully saturated rings. The smallest absolute Gasteiger partial charge is 0.469 e. The first-order valence-corrected chi connectivity index (χ1v) is 13.1. The Balaban J connectivity index is 2.61. The molecule has 1 N–H and O–H groups in total. The number of benzene rings is 2. The number of ether oxygens (including phenoxy) is 1. The van der Waals surface area contributed by atoms with Crippen LogP contribution in [-0.4, -0.2) is 45.6 Å². The van der Waals surface area contributed by atoms with Gasteiger partial charge in [-0.25, -0.2) is 0 Å². The van der Waals surface area contributed by atoms with Crippen LogP contribution in [0.3, 0.4) is 0 Å². The molecule has 0 aliphatic rings. The summed E-state index contributed by atoms with van der Waals surface area (Å²) in [4.78, 5) is 12.1. The number of hydrogen-bond acceptors (Lipinski definition) is 6. The first-order valence-electron chi connectivity index (χ1n) is 9.78. The van der Waals surface area contributed by atoms with Crippen molar-refractivity contribution in [2.45, 2.75) is 38.3 Å². The highest BCUT2D eigenvalue weighted by Crippen LogP contribution is 2.39. The lowest BCUT2D eigenvalue weighted by Gasteiger charge is -2.44. The summed E-state index contributed by atoms with van der Waals surface area (Å²) in [5.41, 5.74) is 0. The fourth-order valence-electron chi connectivity index (χ4n) is 3.64. The van der Waals surface area contributed by atoms with Crippen molar-refractivity contribution in [2.75, 3.05) is 20.1 Å². The highest BCUT2D eigenvalue weighted by molar-refractivity contribution is 7.39. The van der Waals surface area contributed by atoms with Gasteiger partial charge in [0.05, 0.1) is 13.5 Å². The number of hydrogen-bond donors (Lipinski definition) is 1. The standard InChI is InChI=1S/C22H30O6PSi/c1-22(2,3)30(19-11-7-5-8-12-19,20-13-9-6-10-14-20)28-18(15-21(24)26-4)16-29(25)27-17-23/h5-14,18,23H,15-17H2,1-4H3/q+1/t18-/m0/s1. The van der Waals surface area contributed by atoms with Gasteiger partial charge in [-0.2, -0.15) is 0 Å². The van der Waals surface area contributed by atoms with Crippen LogP contribution >= 0.6 is 8.03 Å². The Hall–Kier alpha value is -1.89. The van der Waals surface area contributed by atoms with E-state index in [1.807, 2.05) is 60.7 Å². The highest BCUT2D eigenvalue weighted by Gasteiger charge is 2.52. The fraction of sp³-hybridized carbons (Fsp3) is 0.409. The zero-order valence-electron chi connectivity index (χ0n) is 17.9. The number of esters is 1. The molecule has 1 unspecified atom stereocenters. The third-order valence-electron chi connectivity index (χ3n) is 4.94. The monoisotopic (exact) mass is 449 g/mol. The Kier molecular flexibility index (Phi) is 8.88. The molecule has 0 aliphatic carbocycles. The Bertz CT molecular complexity index is 783. The molecule has 0 saturated carbocycles. The number of carbonyl (C=O) groups is 1. The van der Waals surface area contributed by atoms with E-state index in [9.17, 15) is 9.36 Å². The van der Waals surface area contributed by atoms with Crippen molar-refractivity contribution in [2.24, 2.45) is 0 Å². The molecule has 0 aliphatic heterocycles. The van der Waals surface area contributed by atoms with Gasteiger partial charge in [-0.15, -0.1) is 4.52 Å². The summed E-state index contributed by atoms with van der Waals surface area (Å²) in [6.45, 7) is 5.72. The molecule has 0 amide bonds. The fourth-order valence-corrected chi connectivity index (χ4v) is 9.23. The molecule has 0 radical (unpaired) electrons. The minimum atomic E-state index is -2.94. The summed E-state index contributed by atoms with van der Waals surface area (Å²) >= 11 is 0. The SMILES string of the molecule is COC(=O)C[C@@H](C[P+](=O)OCO)O[Si](c1ccccc1)(c1ccccc1)C(C)(C)C. The molecule has 0 bridgehead atoms. The van der Waals surface area contributed by atoms with E-state index in [0.29, 0.717) is 0 Å². The first kappa shape index (κ1) is 24.4. The van der Waals surface area contributed by atoms with Crippen LogP contribution < -0.4 is 10.4 Å². The lowest BCUT2D eigenvalue weighted by atomic mass is 10.2. The summed E-state index contributed by atoms with van der Waals surface area (Å²) < 4.78 is 28.8. The highest BCUT2D eigenvalue weighted by atomic mass is 31.1. The molecule has 8 heteroatoms. The zero-order valence-corrected chi connectivity index (χ0v) is 19.8. The van der Waals surface area contributed by atoms with Gasteiger partial charge in [0.2, 0.25) is 6.16 Å². The molecule has 2 aromatic carbocycles. The van der Waals surface area contributed by atoms with Crippen molar-refractivity contribution in [3.63, 3.8) is 0 Å². The molecule has 2 aromatic rings. The van der Waals surface area contributed by atoms with Gasteiger partial charge in [0.1, 0.15) is 6.10 Å². The van der Waals surface area contributed by atoms with Crippen LogP contribution in [0, 0.1) is 0 Å². The summed E-state index contributed by atoms with van der Waals surface area (Å²) in [6, 6.07) is 20.0. The molecule has 0 aromatic heterocycles. The van der Waals surface area contributed by atoms with Gasteiger partial charge in [0.25, 0.3) is 8.32 Å². The third-order valence-corrected chi connectivity index (χ3v) is 11.1. The van der Waals surface area contributed by atoms with Crippen molar-refractivity contribution >= 4 is 32.7 Å². The Labute approximate surface area is 180 Å². The van der Waals surface area contributed by atoms with E-state index in [0.717, 1.165) is 10.4 Å². The molecule has 162 valence electrons. The molecule has 0 saturated heterocycles. The van der Waals surface area contributed by atoms with Crippen molar-refractivity contribution in [1.82, 2.24) is 0 Å². The van der Waals surface area contributed by atoms with E-state index in [-0.39, 0.29) is 17.6 Å². The lowest BCUT2D eigenvalue weighted by Crippen LogP contribution is -2.68. The normalized spacial score (nSPS) is 13.6. The van der Waals surface area contributed by atoms with E-state index in [1.165, 1.54) is 7.11 Å². The van der Waals surface area contributed by atoms with Gasteiger partial charge in [-0.1, -0.05) is 81.4 Å². The van der Waals surface area contributed by atoms with Crippen LogP contribution in [0.2, 0.25) is 5.04 Å². The Morgan fingerprint density at radius 2 is 1.53 bits per heavy atom. The number of carbonyl (C=O) groups excluding carboxylic acids is 1. The average Bonchev–Trinajstić information content (AvgIpc) is 2.72. The third kappa shape index (κ3) is 5.83. The van der Waals surface area contributed by atoms with Crippen LogP contribution in [-0.2, 0) is 23.0 Å². The van der Waals surface area contributed by atoms with Gasteiger partial charge in [0.15, 0.2) is 6.79 Å². The summed E-state index contributed by atoms with van der Waals surface area (Å²) in [5.74, 6) is -0.453. The van der Waals surface area contributed by atoms with Gasteiger partial charge >= 0.3 is 14.0 Å². The van der Waals surface area contributed by atoms with E-state index < -0.39 is 35.2 Å². The van der Waals surface area contributed by atoms with Gasteiger partial charge in [-0.3, -0.25) is 4.79 Å². The molecule has 2 atom stereocenters. The van der Waals surface area contributed by atoms with Crippen molar-refractivity contribution in [3.8, 4) is 0 Å². The first-order chi connectivity index (χ1) is 14.2. The van der Waals surface area contributed by atoms with Gasteiger partial charge < -0.3 is 14.3 Å². The Morgan fingerprint density at radius 3 is 1.93 bits per heavy atom. The number of rotatable bonds is 10. The van der Waals surface area contributed by atoms with Crippen LogP contribution in [0.4, 0.5) is 0 Å². The second-order valence-electron chi connectivity index (χ2n) is 7.96. The second kappa shape index (κ2) is 10.9. The maximum Gasteiger partial charge on any atom is 0.513 e. The molecule has 30 heavy (non-hydrogen) atoms. The van der Waals surface area contributed by atoms with Gasteiger partial charge in [-0.05, 0) is 20.0 Å². The van der Waals surface area contributed by atoms with E-state index in [2.05, 4.69) is 20.8 Å². The topological polar surface area (TPSA) is 82.1 Å². The summed E-state index contributed by atoms with van der Waals surface area (Å²) in [6.07, 6.45) is -0.772. The zero-order chi connectivity index (χ0) is 22.2. The Morgan fingerprint density at radius 1 is 1.03 bits per heavy atom. The molecule has 6 nitrogen and oxygen atoms in total. The average molecular weight is 450 g/mol. The van der Waals surface area contributed by atoms with Crippen LogP contribution in [0.5, 0.6) is 0 Å². The largest absolute Gasteiger partial charge is 0.513 e. The number of aliphatic hydroxyl groups excluding tert-OH is 1. The van der Waals surface area contributed by atoms with Gasteiger partial charge in [0, 0.05) is 0 Å². The lowest BCUT2D eigenvalue weighted by molar-refractivity contribution is -0.142.